The zero-order chi connectivity index (χ0) is 62.6. The molecule has 0 aliphatic carbocycles. The number of phenols is 1. The first-order valence-electron chi connectivity index (χ1n) is 27.8. The minimum absolute atomic E-state index is 0.00362. The van der Waals surface area contributed by atoms with Crippen molar-refractivity contribution < 1.29 is 103 Å². The first-order valence-corrected chi connectivity index (χ1v) is 27.8. The number of nitrogens with one attached hydrogen (secondary N) is 8. The van der Waals surface area contributed by atoms with E-state index in [2.05, 4.69) is 49.5 Å². The predicted molar refractivity (Wildman–Crippen MR) is 291 cm³/mol. The number of aromatic hydroxyl groups is 1. The fourth-order valence-corrected chi connectivity index (χ4v) is 9.09. The number of carbonyl (C=O) groups is 10. The molecule has 2 aliphatic heterocycles. The van der Waals surface area contributed by atoms with E-state index < -0.39 is 202 Å². The lowest BCUT2D eigenvalue weighted by Gasteiger charge is -2.38. The van der Waals surface area contributed by atoms with Crippen molar-refractivity contribution in [1.29, 1.82) is 0 Å². The molecule has 0 spiro atoms. The van der Waals surface area contributed by atoms with Crippen molar-refractivity contribution in [3.8, 4) is 5.75 Å². The van der Waals surface area contributed by atoms with Crippen molar-refractivity contribution in [2.45, 2.75) is 195 Å². The molecule has 2 saturated heterocycles. The van der Waals surface area contributed by atoms with Gasteiger partial charge in [0.15, 0.2) is 6.29 Å². The SMILES string of the molecule is CCCCCCCCCCC[C@H](O[C@@H]1OC[C@H](O)[C@@H](O)[C@@H]1O)[C@@H](O)[C@H](O)C[C@@H]1CC(=O)N[C@@H](CO)C(=O)N[C@@H]([C@H](O)c2ccc(O)cc2)C(=O)N[C@@H](CCN)C(=O)NCC(=O)N[C@@H](CC(N)=O)C(=O)N[C@@H](CO)C(=O)N[C@@H](CC(N)=O)C(=O)N1. The Hall–Kier alpha value is -6.72. The first-order chi connectivity index (χ1) is 39.8. The Morgan fingerprint density at radius 1 is 0.643 bits per heavy atom. The highest BCUT2D eigenvalue weighted by Crippen LogP contribution is 2.25. The molecule has 0 saturated carbocycles. The minimum atomic E-state index is -2.09. The van der Waals surface area contributed by atoms with Crippen molar-refractivity contribution in [3.05, 3.63) is 29.8 Å². The van der Waals surface area contributed by atoms with Gasteiger partial charge in [-0.15, -0.1) is 0 Å². The topological polar surface area (TPSA) is 546 Å². The Kier molecular flexibility index (Phi) is 31.4. The molecule has 32 nitrogen and oxygen atoms in total. The van der Waals surface area contributed by atoms with Gasteiger partial charge in [0.25, 0.3) is 0 Å². The summed E-state index contributed by atoms with van der Waals surface area (Å²) in [6.07, 6.45) is -10.2. The number of phenolic OH excluding ortho intramolecular Hbond substituents is 1. The van der Waals surface area contributed by atoms with Gasteiger partial charge in [0, 0.05) is 12.5 Å². The molecule has 1 aromatic carbocycles. The van der Waals surface area contributed by atoms with Crippen LogP contribution in [0.15, 0.2) is 24.3 Å². The number of benzene rings is 1. The smallest absolute Gasteiger partial charge is 0.246 e. The Morgan fingerprint density at radius 3 is 1.74 bits per heavy atom. The van der Waals surface area contributed by atoms with Crippen LogP contribution in [0.5, 0.6) is 5.75 Å². The van der Waals surface area contributed by atoms with Gasteiger partial charge in [0.2, 0.25) is 59.1 Å². The summed E-state index contributed by atoms with van der Waals surface area (Å²) in [5, 5.41) is 115. The van der Waals surface area contributed by atoms with Gasteiger partial charge in [-0.05, 0) is 43.5 Å². The number of unbranched alkanes of at least 4 members (excludes halogenated alkanes) is 8. The van der Waals surface area contributed by atoms with Crippen LogP contribution in [0.4, 0.5) is 0 Å². The average Bonchev–Trinajstić information content (AvgIpc) is 3.43. The van der Waals surface area contributed by atoms with Gasteiger partial charge in [0.05, 0.1) is 51.4 Å². The summed E-state index contributed by atoms with van der Waals surface area (Å²) >= 11 is 0. The van der Waals surface area contributed by atoms with Gasteiger partial charge in [0.1, 0.15) is 72.5 Å². The molecule has 1 aromatic rings. The summed E-state index contributed by atoms with van der Waals surface area (Å²) in [5.74, 6) is -12.8. The number of carbonyl (C=O) groups excluding carboxylic acids is 10. The summed E-state index contributed by atoms with van der Waals surface area (Å²) in [7, 11) is 0. The maximum atomic E-state index is 14.2. The van der Waals surface area contributed by atoms with E-state index >= 15 is 0 Å². The summed E-state index contributed by atoms with van der Waals surface area (Å²) in [5.41, 5.74) is 16.4. The highest BCUT2D eigenvalue weighted by Gasteiger charge is 2.42. The second-order valence-electron chi connectivity index (χ2n) is 20.7. The number of hydrogen-bond acceptors (Lipinski definition) is 22. The second-order valence-corrected chi connectivity index (χ2v) is 20.7. The normalized spacial score (nSPS) is 27.3. The van der Waals surface area contributed by atoms with Crippen molar-refractivity contribution >= 4 is 59.1 Å². The third kappa shape index (κ3) is 24.1. The lowest BCUT2D eigenvalue weighted by atomic mass is 9.94. The van der Waals surface area contributed by atoms with Gasteiger partial charge in [-0.25, -0.2) is 0 Å². The molecule has 84 heavy (non-hydrogen) atoms. The van der Waals surface area contributed by atoms with E-state index in [4.69, 9.17) is 26.7 Å². The number of primary amides is 2. The number of ether oxygens (including phenoxy) is 2. The molecular formula is C52H85N11O21. The van der Waals surface area contributed by atoms with Crippen LogP contribution < -0.4 is 59.7 Å². The lowest BCUT2D eigenvalue weighted by Crippen LogP contribution is -2.60. The molecular weight excluding hydrogens is 1110 g/mol. The molecule has 0 unspecified atom stereocenters. The van der Waals surface area contributed by atoms with Gasteiger partial charge < -0.3 is 115 Å². The highest BCUT2D eigenvalue weighted by atomic mass is 16.7. The van der Waals surface area contributed by atoms with Crippen LogP contribution in [0, 0.1) is 0 Å². The van der Waals surface area contributed by atoms with Crippen LogP contribution in [-0.4, -0.2) is 223 Å². The van der Waals surface area contributed by atoms with E-state index in [0.717, 1.165) is 57.1 Å². The Labute approximate surface area is 484 Å². The Morgan fingerprint density at radius 2 is 1.15 bits per heavy atom. The quantitative estimate of drug-likeness (QED) is 0.0383. The standard InChI is InChI=1S/C52H85N11O21/c1-2-3-4-5-6-7-8-9-10-11-36(84-52-45(76)44(75)35(68)25-83-52)43(74)34(67)18-27-19-39(71)59-32(23-64)50(81)63-41(42(73)26-12-14-28(66)15-13-26)51(82)60-29(16-17-53)46(77)56-22-40(72)58-30(20-37(54)69)48(79)62-33(24-65)49(80)61-31(21-38(55)70)47(78)57-27/h12-15,27,29-36,41-45,52,64-68,73-76H,2-11,16-25,53H2,1H3,(H2,54,69)(H2,55,70)(H,56,77)(H,57,78)(H,58,72)(H,59,71)(H,60,82)(H,61,80)(H,62,79)(H,63,81)/t27-,29+,30+,31+,32+,33+,34-,35+,36+,41+,42-,43+,44-,45+,52+/m1/s1. The maximum Gasteiger partial charge on any atom is 0.246 e. The minimum Gasteiger partial charge on any atom is -0.508 e. The Bertz CT molecular complexity index is 2320. The third-order valence-corrected chi connectivity index (χ3v) is 13.8. The van der Waals surface area contributed by atoms with Crippen molar-refractivity contribution in [2.75, 3.05) is 32.9 Å². The second kappa shape index (κ2) is 36.9. The molecule has 2 fully saturated rings. The summed E-state index contributed by atoms with van der Waals surface area (Å²) < 4.78 is 11.4. The molecule has 10 amide bonds. The van der Waals surface area contributed by atoms with Crippen LogP contribution in [0.2, 0.25) is 0 Å². The van der Waals surface area contributed by atoms with Crippen LogP contribution >= 0.6 is 0 Å². The van der Waals surface area contributed by atoms with Crippen LogP contribution in [0.1, 0.15) is 115 Å². The van der Waals surface area contributed by atoms with E-state index in [1.165, 1.54) is 12.1 Å². The molecule has 0 radical (unpaired) electrons. The van der Waals surface area contributed by atoms with E-state index in [1.54, 1.807) is 0 Å². The van der Waals surface area contributed by atoms with Crippen molar-refractivity contribution in [2.24, 2.45) is 17.2 Å². The van der Waals surface area contributed by atoms with Crippen LogP contribution in [-0.2, 0) is 57.4 Å². The van der Waals surface area contributed by atoms with Gasteiger partial charge in [-0.1, -0.05) is 76.8 Å². The van der Waals surface area contributed by atoms with E-state index in [0.29, 0.717) is 12.8 Å². The zero-order valence-electron chi connectivity index (χ0n) is 46.8. The number of aliphatic hydroxyl groups excluding tert-OH is 8. The molecule has 0 bridgehead atoms. The maximum absolute atomic E-state index is 14.2. The average molecular weight is 1200 g/mol. The zero-order valence-corrected chi connectivity index (χ0v) is 46.8. The van der Waals surface area contributed by atoms with Crippen LogP contribution in [0.3, 0.4) is 0 Å². The number of aliphatic hydroxyl groups is 8. The fraction of sp³-hybridized carbons (Fsp3) is 0.692. The summed E-state index contributed by atoms with van der Waals surface area (Å²) in [6.45, 7) is -2.08. The molecule has 2 aliphatic rings. The van der Waals surface area contributed by atoms with Gasteiger partial charge >= 0.3 is 0 Å². The number of nitrogens with two attached hydrogens (primary N) is 3. The summed E-state index contributed by atoms with van der Waals surface area (Å²) in [6, 6.07) is -8.76. The molecule has 0 aromatic heterocycles. The van der Waals surface area contributed by atoms with Crippen molar-refractivity contribution in [1.82, 2.24) is 42.5 Å². The first kappa shape index (κ1) is 71.5. The third-order valence-electron chi connectivity index (χ3n) is 13.8. The predicted octanol–water partition coefficient (Wildman–Crippen LogP) is -7.72. The molecule has 23 N–H and O–H groups in total. The van der Waals surface area contributed by atoms with E-state index in [1.807, 2.05) is 0 Å². The summed E-state index contributed by atoms with van der Waals surface area (Å²) in [4.78, 5) is 135. The Balaban J connectivity index is 2.12. The largest absolute Gasteiger partial charge is 0.508 e. The van der Waals surface area contributed by atoms with Gasteiger partial charge in [-0.3, -0.25) is 47.9 Å². The molecule has 3 rings (SSSR count). The monoisotopic (exact) mass is 1200 g/mol. The fourth-order valence-electron chi connectivity index (χ4n) is 9.09. The van der Waals surface area contributed by atoms with E-state index in [9.17, 15) is 93.9 Å². The number of rotatable bonds is 26. The molecule has 32 heteroatoms. The van der Waals surface area contributed by atoms with E-state index in [-0.39, 0.29) is 30.7 Å². The van der Waals surface area contributed by atoms with Crippen LogP contribution in [0.25, 0.3) is 0 Å². The molecule has 474 valence electrons. The lowest BCUT2D eigenvalue weighted by molar-refractivity contribution is -0.293. The number of amides is 10. The van der Waals surface area contributed by atoms with Crippen molar-refractivity contribution in [3.63, 3.8) is 0 Å². The molecule has 2 heterocycles. The number of hydrogen-bond donors (Lipinski definition) is 20. The van der Waals surface area contributed by atoms with Gasteiger partial charge in [-0.2, -0.15) is 0 Å². The highest BCUT2D eigenvalue weighted by molar-refractivity contribution is 5.99. The molecule has 15 atom stereocenters.